The third kappa shape index (κ3) is 2.59. The first kappa shape index (κ1) is 13.1. The summed E-state index contributed by atoms with van der Waals surface area (Å²) in [7, 11) is 1.30. The third-order valence-corrected chi connectivity index (χ3v) is 2.63. The largest absolute Gasteiger partial charge is 0.490 e. The van der Waals surface area contributed by atoms with E-state index in [-0.39, 0.29) is 11.5 Å². The second-order valence-corrected chi connectivity index (χ2v) is 4.39. The SMILES string of the molecule is COC(=O)c1cc2[nH]ccc(=O)c2cc1OC(C)C. The minimum absolute atomic E-state index is 0.108. The van der Waals surface area contributed by atoms with Crippen LogP contribution in [0.4, 0.5) is 0 Å². The Hall–Kier alpha value is -2.30. The van der Waals surface area contributed by atoms with Gasteiger partial charge in [0.1, 0.15) is 11.3 Å². The van der Waals surface area contributed by atoms with Crippen LogP contribution in [0.15, 0.2) is 29.2 Å². The molecule has 2 aromatic rings. The molecule has 0 unspecified atom stereocenters. The summed E-state index contributed by atoms with van der Waals surface area (Å²) < 4.78 is 10.3. The molecule has 0 aliphatic carbocycles. The summed E-state index contributed by atoms with van der Waals surface area (Å²) in [6.07, 6.45) is 1.43. The lowest BCUT2D eigenvalue weighted by molar-refractivity contribution is 0.0594. The van der Waals surface area contributed by atoms with Gasteiger partial charge in [0.2, 0.25) is 0 Å². The summed E-state index contributed by atoms with van der Waals surface area (Å²) in [5.74, 6) is -0.145. The number of fused-ring (bicyclic) bond motifs is 1. The van der Waals surface area contributed by atoms with Crippen molar-refractivity contribution in [1.29, 1.82) is 0 Å². The van der Waals surface area contributed by atoms with Crippen molar-refractivity contribution < 1.29 is 14.3 Å². The zero-order chi connectivity index (χ0) is 14.0. The number of pyridine rings is 1. The number of carbonyl (C=O) groups is 1. The van der Waals surface area contributed by atoms with Gasteiger partial charge in [-0.1, -0.05) is 0 Å². The number of aromatic amines is 1. The van der Waals surface area contributed by atoms with Gasteiger partial charge in [0.25, 0.3) is 0 Å². The van der Waals surface area contributed by atoms with Crippen LogP contribution in [0, 0.1) is 0 Å². The Morgan fingerprint density at radius 1 is 1.32 bits per heavy atom. The van der Waals surface area contributed by atoms with E-state index in [0.717, 1.165) is 0 Å². The number of ether oxygens (including phenoxy) is 2. The van der Waals surface area contributed by atoms with Crippen molar-refractivity contribution in [3.8, 4) is 5.75 Å². The molecule has 0 amide bonds. The number of H-pyrrole nitrogens is 1. The Morgan fingerprint density at radius 2 is 2.05 bits per heavy atom. The van der Waals surface area contributed by atoms with Crippen molar-refractivity contribution in [2.24, 2.45) is 0 Å². The number of esters is 1. The van der Waals surface area contributed by atoms with E-state index in [1.165, 1.54) is 19.4 Å². The van der Waals surface area contributed by atoms with E-state index in [9.17, 15) is 9.59 Å². The number of rotatable bonds is 3. The van der Waals surface area contributed by atoms with Gasteiger partial charge >= 0.3 is 5.97 Å². The number of aromatic nitrogens is 1. The first-order chi connectivity index (χ1) is 9.02. The molecule has 19 heavy (non-hydrogen) atoms. The molecular weight excluding hydrogens is 246 g/mol. The average Bonchev–Trinajstić information content (AvgIpc) is 2.37. The smallest absolute Gasteiger partial charge is 0.341 e. The van der Waals surface area contributed by atoms with Gasteiger partial charge in [0, 0.05) is 17.6 Å². The van der Waals surface area contributed by atoms with Gasteiger partial charge in [0.05, 0.1) is 18.7 Å². The number of hydrogen-bond donors (Lipinski definition) is 1. The summed E-state index contributed by atoms with van der Waals surface area (Å²) in [4.78, 5) is 26.5. The fourth-order valence-corrected chi connectivity index (χ4v) is 1.82. The maximum absolute atomic E-state index is 11.8. The summed E-state index contributed by atoms with van der Waals surface area (Å²) in [5.41, 5.74) is 0.744. The van der Waals surface area contributed by atoms with Crippen LogP contribution in [-0.2, 0) is 4.74 Å². The van der Waals surface area contributed by atoms with E-state index >= 15 is 0 Å². The second-order valence-electron chi connectivity index (χ2n) is 4.39. The lowest BCUT2D eigenvalue weighted by Crippen LogP contribution is -2.12. The van der Waals surface area contributed by atoms with E-state index in [1.807, 2.05) is 13.8 Å². The summed E-state index contributed by atoms with van der Waals surface area (Å²) in [5, 5.41) is 0.478. The topological polar surface area (TPSA) is 68.4 Å². The zero-order valence-electron chi connectivity index (χ0n) is 11.0. The van der Waals surface area contributed by atoms with Gasteiger partial charge in [-0.15, -0.1) is 0 Å². The van der Waals surface area contributed by atoms with Crippen LogP contribution in [0.3, 0.4) is 0 Å². The van der Waals surface area contributed by atoms with Crippen molar-refractivity contribution in [2.75, 3.05) is 7.11 Å². The Morgan fingerprint density at radius 3 is 2.68 bits per heavy atom. The molecule has 0 atom stereocenters. The zero-order valence-corrected chi connectivity index (χ0v) is 11.0. The van der Waals surface area contributed by atoms with Gasteiger partial charge in [-0.25, -0.2) is 4.79 Å². The van der Waals surface area contributed by atoms with Crippen LogP contribution < -0.4 is 10.2 Å². The number of carbonyl (C=O) groups excluding carboxylic acids is 1. The van der Waals surface area contributed by atoms with Crippen molar-refractivity contribution in [3.05, 3.63) is 40.2 Å². The second kappa shape index (κ2) is 5.14. The summed E-state index contributed by atoms with van der Waals surface area (Å²) in [6.45, 7) is 3.70. The van der Waals surface area contributed by atoms with E-state index in [0.29, 0.717) is 22.2 Å². The van der Waals surface area contributed by atoms with Gasteiger partial charge in [0.15, 0.2) is 5.43 Å². The Balaban J connectivity index is 2.70. The molecule has 2 rings (SSSR count). The molecule has 1 aromatic carbocycles. The molecule has 0 aliphatic rings. The van der Waals surface area contributed by atoms with Crippen molar-refractivity contribution in [3.63, 3.8) is 0 Å². The number of nitrogens with one attached hydrogen (secondary N) is 1. The highest BCUT2D eigenvalue weighted by Crippen LogP contribution is 2.25. The highest BCUT2D eigenvalue weighted by molar-refractivity contribution is 5.97. The van der Waals surface area contributed by atoms with Crippen LogP contribution in [0.2, 0.25) is 0 Å². The molecular formula is C14H15NO4. The van der Waals surface area contributed by atoms with Crippen molar-refractivity contribution in [2.45, 2.75) is 20.0 Å². The highest BCUT2D eigenvalue weighted by atomic mass is 16.5. The first-order valence-corrected chi connectivity index (χ1v) is 5.93. The predicted molar refractivity (Wildman–Crippen MR) is 71.7 cm³/mol. The van der Waals surface area contributed by atoms with Gasteiger partial charge in [-0.05, 0) is 26.0 Å². The Bertz CT molecular complexity index is 673. The molecule has 100 valence electrons. The molecule has 0 bridgehead atoms. The van der Waals surface area contributed by atoms with Gasteiger partial charge < -0.3 is 14.5 Å². The fraction of sp³-hybridized carbons (Fsp3) is 0.286. The highest BCUT2D eigenvalue weighted by Gasteiger charge is 2.16. The molecule has 0 radical (unpaired) electrons. The molecule has 5 heteroatoms. The Labute approximate surface area is 110 Å². The minimum atomic E-state index is -0.498. The molecule has 1 N–H and O–H groups in total. The molecule has 0 saturated heterocycles. The lowest BCUT2D eigenvalue weighted by atomic mass is 10.1. The number of hydrogen-bond acceptors (Lipinski definition) is 4. The van der Waals surface area contributed by atoms with E-state index in [2.05, 4.69) is 4.98 Å². The minimum Gasteiger partial charge on any atom is -0.490 e. The monoisotopic (exact) mass is 261 g/mol. The number of benzene rings is 1. The molecule has 5 nitrogen and oxygen atoms in total. The van der Waals surface area contributed by atoms with Crippen LogP contribution in [0.1, 0.15) is 24.2 Å². The van der Waals surface area contributed by atoms with Gasteiger partial charge in [-0.2, -0.15) is 0 Å². The maximum Gasteiger partial charge on any atom is 0.341 e. The fourth-order valence-electron chi connectivity index (χ4n) is 1.82. The predicted octanol–water partition coefficient (Wildman–Crippen LogP) is 2.10. The van der Waals surface area contributed by atoms with Crippen LogP contribution in [0.25, 0.3) is 10.9 Å². The quantitative estimate of drug-likeness (QED) is 0.859. The van der Waals surface area contributed by atoms with Crippen LogP contribution in [-0.4, -0.2) is 24.2 Å². The van der Waals surface area contributed by atoms with Crippen molar-refractivity contribution in [1.82, 2.24) is 4.98 Å². The first-order valence-electron chi connectivity index (χ1n) is 5.93. The van der Waals surface area contributed by atoms with E-state index in [4.69, 9.17) is 9.47 Å². The average molecular weight is 261 g/mol. The van der Waals surface area contributed by atoms with Crippen LogP contribution >= 0.6 is 0 Å². The lowest BCUT2D eigenvalue weighted by Gasteiger charge is -2.14. The van der Waals surface area contributed by atoms with Crippen LogP contribution in [0.5, 0.6) is 5.75 Å². The molecule has 1 heterocycles. The number of methoxy groups -OCH3 is 1. The normalized spacial score (nSPS) is 10.7. The van der Waals surface area contributed by atoms with E-state index in [1.54, 1.807) is 12.1 Å². The summed E-state index contributed by atoms with van der Waals surface area (Å²) >= 11 is 0. The maximum atomic E-state index is 11.8. The van der Waals surface area contributed by atoms with Gasteiger partial charge in [-0.3, -0.25) is 4.79 Å². The molecule has 1 aromatic heterocycles. The summed E-state index contributed by atoms with van der Waals surface area (Å²) in [6, 6.07) is 4.57. The van der Waals surface area contributed by atoms with Crippen molar-refractivity contribution >= 4 is 16.9 Å². The molecule has 0 spiro atoms. The third-order valence-electron chi connectivity index (χ3n) is 2.63. The van der Waals surface area contributed by atoms with E-state index < -0.39 is 5.97 Å². The Kier molecular flexibility index (Phi) is 3.55. The standard InChI is InChI=1S/C14H15NO4/c1-8(2)19-13-7-9-11(15-5-4-12(9)16)6-10(13)14(17)18-3/h4-8H,1-3H3,(H,15,16). The molecule has 0 aliphatic heterocycles. The molecule has 0 saturated carbocycles. The molecule has 0 fully saturated rings.